The van der Waals surface area contributed by atoms with Crippen LogP contribution in [-0.2, 0) is 16.6 Å². The second-order valence-electron chi connectivity index (χ2n) is 7.33. The highest BCUT2D eigenvalue weighted by molar-refractivity contribution is 5.90. The van der Waals surface area contributed by atoms with Gasteiger partial charge in [-0.3, -0.25) is 9.69 Å². The molecule has 1 spiro atoms. The molecule has 0 amide bonds. The van der Waals surface area contributed by atoms with E-state index < -0.39 is 48.6 Å². The summed E-state index contributed by atoms with van der Waals surface area (Å²) in [7, 11) is 0. The van der Waals surface area contributed by atoms with Crippen LogP contribution in [0.3, 0.4) is 0 Å². The predicted molar refractivity (Wildman–Crippen MR) is 99.1 cm³/mol. The lowest BCUT2D eigenvalue weighted by molar-refractivity contribution is -0.188. The first-order valence-electron chi connectivity index (χ1n) is 12.0. The van der Waals surface area contributed by atoms with Gasteiger partial charge in [0.1, 0.15) is 0 Å². The van der Waals surface area contributed by atoms with Crippen molar-refractivity contribution in [2.45, 2.75) is 55.2 Å². The number of carbonyl (C=O) groups excluding carboxylic acids is 1. The van der Waals surface area contributed by atoms with E-state index in [1.165, 1.54) is 11.0 Å². The minimum Gasteiger partial charge on any atom is -0.504 e. The Balaban J connectivity index is 0.00000259. The van der Waals surface area contributed by atoms with Gasteiger partial charge in [-0.25, -0.2) is 0 Å². The Hall–Kier alpha value is -1.56. The van der Waals surface area contributed by atoms with Crippen molar-refractivity contribution in [1.29, 1.82) is 0 Å². The highest BCUT2D eigenvalue weighted by atomic mass is 35.5. The van der Waals surface area contributed by atoms with Crippen molar-refractivity contribution in [3.63, 3.8) is 0 Å². The van der Waals surface area contributed by atoms with Crippen LogP contribution in [0.2, 0.25) is 0 Å². The molecular formula is C20H24ClNO4. The number of ether oxygens (including phenoxy) is 1. The Bertz CT molecular complexity index is 1080. The lowest BCUT2D eigenvalue weighted by Crippen LogP contribution is -2.76. The number of ketones is 1. The van der Waals surface area contributed by atoms with E-state index in [9.17, 15) is 15.0 Å². The topological polar surface area (TPSA) is 70.0 Å². The molecule has 0 unspecified atom stereocenters. The fraction of sp³-hybridized carbons (Fsp3) is 0.550. The highest BCUT2D eigenvalue weighted by Crippen LogP contribution is 2.64. The maximum Gasteiger partial charge on any atom is 0.174 e. The number of likely N-dealkylation sites (tertiary alicyclic amines) is 1. The standard InChI is InChI=1S/C20H23NO4.ClH/c1-2-3-9-21-10-8-19-16-12-4-5-13(22)17(16)25-18(19)14(23)6-7-20(19,24)15(21)11-12;/h2,4-5,15,18,22,24H,1,3,6-11H2;1H/t15-,18+,19+,20-;/m1./s1/i1D2,2D,3D2,9D2;. The minimum absolute atomic E-state index is 0. The van der Waals surface area contributed by atoms with E-state index in [4.69, 9.17) is 14.3 Å². The zero-order chi connectivity index (χ0) is 23.4. The minimum atomic E-state index is -2.98. The molecule has 4 aliphatic rings. The van der Waals surface area contributed by atoms with E-state index >= 15 is 0 Å². The van der Waals surface area contributed by atoms with Crippen molar-refractivity contribution in [1.82, 2.24) is 4.90 Å². The lowest BCUT2D eigenvalue weighted by Gasteiger charge is -2.62. The average Bonchev–Trinajstić information content (AvgIpc) is 3.07. The molecule has 2 heterocycles. The van der Waals surface area contributed by atoms with E-state index in [2.05, 4.69) is 0 Å². The number of phenolic OH excluding ortho intramolecular Hbond substituents is 1. The number of Topliss-reactive ketones (excluding diaryl/α,β-unsaturated/α-hetero) is 1. The molecule has 1 aromatic rings. The van der Waals surface area contributed by atoms with Gasteiger partial charge < -0.3 is 14.9 Å². The van der Waals surface area contributed by atoms with Gasteiger partial charge >= 0.3 is 0 Å². The number of halogens is 1. The van der Waals surface area contributed by atoms with E-state index in [1.807, 2.05) is 0 Å². The second kappa shape index (κ2) is 5.72. The van der Waals surface area contributed by atoms with Crippen LogP contribution in [0.15, 0.2) is 24.7 Å². The molecule has 2 aliphatic carbocycles. The van der Waals surface area contributed by atoms with Gasteiger partial charge in [0, 0.05) is 30.0 Å². The number of piperidine rings is 1. The number of rotatable bonds is 3. The molecule has 26 heavy (non-hydrogen) atoms. The fourth-order valence-corrected chi connectivity index (χ4v) is 5.56. The van der Waals surface area contributed by atoms with E-state index in [1.54, 1.807) is 6.07 Å². The summed E-state index contributed by atoms with van der Waals surface area (Å²) in [6, 6.07) is 1.07. The second-order valence-corrected chi connectivity index (χ2v) is 7.33. The summed E-state index contributed by atoms with van der Waals surface area (Å²) in [5.41, 5.74) is -1.54. The number of aromatic hydroxyl groups is 1. The van der Waals surface area contributed by atoms with Crippen LogP contribution in [0, 0.1) is 0 Å². The van der Waals surface area contributed by atoms with Crippen LogP contribution in [0.5, 0.6) is 11.5 Å². The number of carbonyl (C=O) groups is 1. The molecular weight excluding hydrogens is 354 g/mol. The summed E-state index contributed by atoms with van der Waals surface area (Å²) < 4.78 is 62.2. The van der Waals surface area contributed by atoms with Crippen molar-refractivity contribution < 1.29 is 29.3 Å². The first kappa shape index (κ1) is 11.3. The molecule has 1 aromatic carbocycles. The van der Waals surface area contributed by atoms with Crippen molar-refractivity contribution in [3.8, 4) is 11.5 Å². The molecule has 0 radical (unpaired) electrons. The van der Waals surface area contributed by atoms with E-state index in [0.717, 1.165) is 0 Å². The molecule has 5 nitrogen and oxygen atoms in total. The average molecular weight is 385 g/mol. The smallest absolute Gasteiger partial charge is 0.174 e. The van der Waals surface area contributed by atoms with Gasteiger partial charge in [0.15, 0.2) is 23.4 Å². The monoisotopic (exact) mass is 384 g/mol. The lowest BCUT2D eigenvalue weighted by atomic mass is 9.49. The summed E-state index contributed by atoms with van der Waals surface area (Å²) in [5.74, 6) is -0.151. The first-order chi connectivity index (χ1) is 14.8. The molecule has 4 atom stereocenters. The number of phenols is 1. The quantitative estimate of drug-likeness (QED) is 0.781. The van der Waals surface area contributed by atoms with E-state index in [0.29, 0.717) is 11.1 Å². The van der Waals surface area contributed by atoms with Crippen molar-refractivity contribution in [2.24, 2.45) is 0 Å². The molecule has 5 rings (SSSR count). The Morgan fingerprint density at radius 3 is 3.19 bits per heavy atom. The fourth-order valence-electron chi connectivity index (χ4n) is 5.56. The summed E-state index contributed by atoms with van der Waals surface area (Å²) >= 11 is 0. The normalized spacial score (nSPS) is 41.6. The molecule has 2 N–H and O–H groups in total. The summed E-state index contributed by atoms with van der Waals surface area (Å²) in [4.78, 5) is 14.0. The van der Waals surface area contributed by atoms with Gasteiger partial charge in [-0.2, -0.15) is 0 Å². The van der Waals surface area contributed by atoms with Gasteiger partial charge in [-0.05, 0) is 43.8 Å². The summed E-state index contributed by atoms with van der Waals surface area (Å²) in [6.45, 7) is -3.97. The first-order valence-corrected chi connectivity index (χ1v) is 8.49. The van der Waals surface area contributed by atoms with Crippen molar-refractivity contribution in [2.75, 3.05) is 13.0 Å². The third-order valence-electron chi connectivity index (χ3n) is 6.52. The molecule has 2 bridgehead atoms. The van der Waals surface area contributed by atoms with Crippen molar-refractivity contribution in [3.05, 3.63) is 35.8 Å². The SMILES string of the molecule is Cl.[2H]C([2H])=C([2H])C([2H])([2H])C([2H])([2H])N1CC[C@]23c4c5ccc(O)c4O[C@H]2C(=O)CC[C@@]3(O)[C@H]1C5. The maximum atomic E-state index is 12.8. The molecule has 0 aromatic heterocycles. The molecule has 6 heteroatoms. The number of benzene rings is 1. The third-order valence-corrected chi connectivity index (χ3v) is 6.52. The van der Waals surface area contributed by atoms with Gasteiger partial charge in [0.2, 0.25) is 0 Å². The van der Waals surface area contributed by atoms with Crippen LogP contribution < -0.4 is 4.74 Å². The highest BCUT2D eigenvalue weighted by Gasteiger charge is 2.73. The zero-order valence-electron chi connectivity index (χ0n) is 20.9. The molecule has 1 saturated carbocycles. The van der Waals surface area contributed by atoms with Crippen molar-refractivity contribution >= 4 is 18.2 Å². The third kappa shape index (κ3) is 1.86. The molecule has 140 valence electrons. The number of aliphatic hydroxyl groups is 1. The van der Waals surface area contributed by atoms with Crippen LogP contribution in [0.25, 0.3) is 0 Å². The maximum absolute atomic E-state index is 12.8. The van der Waals surface area contributed by atoms with Gasteiger partial charge in [0.05, 0.1) is 15.1 Å². The number of hydrogen-bond donors (Lipinski definition) is 2. The summed E-state index contributed by atoms with van der Waals surface area (Å²) in [6.07, 6.45) is -3.75. The van der Waals surface area contributed by atoms with Gasteiger partial charge in [0.25, 0.3) is 0 Å². The largest absolute Gasteiger partial charge is 0.504 e. The molecule has 2 aliphatic heterocycles. The van der Waals surface area contributed by atoms with Crippen LogP contribution in [0.4, 0.5) is 0 Å². The Kier molecular flexibility index (Phi) is 2.49. The van der Waals surface area contributed by atoms with Gasteiger partial charge in [-0.15, -0.1) is 18.9 Å². The van der Waals surface area contributed by atoms with Crippen LogP contribution in [0.1, 0.15) is 46.4 Å². The number of hydrogen-bond acceptors (Lipinski definition) is 5. The zero-order valence-corrected chi connectivity index (χ0v) is 14.7. The van der Waals surface area contributed by atoms with Crippen LogP contribution >= 0.6 is 12.4 Å². The molecule has 1 saturated heterocycles. The van der Waals surface area contributed by atoms with Crippen LogP contribution in [-0.4, -0.2) is 51.7 Å². The Morgan fingerprint density at radius 1 is 1.54 bits per heavy atom. The molecule has 2 fully saturated rings. The Labute approximate surface area is 168 Å². The predicted octanol–water partition coefficient (Wildman–Crippen LogP) is 2.11. The van der Waals surface area contributed by atoms with Gasteiger partial charge in [-0.1, -0.05) is 12.1 Å². The number of nitrogens with zero attached hydrogens (tertiary/aromatic N) is 1. The van der Waals surface area contributed by atoms with E-state index in [-0.39, 0.29) is 61.9 Å². The Morgan fingerprint density at radius 2 is 2.38 bits per heavy atom. The summed E-state index contributed by atoms with van der Waals surface area (Å²) in [5, 5.41) is 22.5.